The lowest BCUT2D eigenvalue weighted by atomic mass is 10.2. The minimum absolute atomic E-state index is 0.0270. The van der Waals surface area contributed by atoms with E-state index in [0.717, 1.165) is 5.56 Å². The summed E-state index contributed by atoms with van der Waals surface area (Å²) in [4.78, 5) is 14.6. The maximum atomic E-state index is 10.8. The number of hydrogen-bond acceptors (Lipinski definition) is 3. The average Bonchev–Trinajstić information content (AvgIpc) is 2.76. The zero-order valence-corrected chi connectivity index (χ0v) is 13.2. The summed E-state index contributed by atoms with van der Waals surface area (Å²) in [5.41, 5.74) is 2.09. The van der Waals surface area contributed by atoms with Crippen LogP contribution in [0.2, 0.25) is 15.3 Å². The van der Waals surface area contributed by atoms with Crippen LogP contribution in [0.5, 0.6) is 0 Å². The maximum absolute atomic E-state index is 10.8. The van der Waals surface area contributed by atoms with Crippen LogP contribution in [0.25, 0.3) is 11.0 Å². The first-order chi connectivity index (χ1) is 10.5. The molecule has 0 aliphatic carbocycles. The average molecular weight is 357 g/mol. The van der Waals surface area contributed by atoms with Crippen LogP contribution in [0.3, 0.4) is 0 Å². The lowest BCUT2D eigenvalue weighted by molar-refractivity contribution is -0.384. The molecule has 3 aromatic rings. The predicted octanol–water partition coefficient (Wildman–Crippen LogP) is 4.95. The van der Waals surface area contributed by atoms with Gasteiger partial charge in [0.2, 0.25) is 5.28 Å². The molecule has 2 aromatic carbocycles. The number of halogens is 3. The van der Waals surface area contributed by atoms with Crippen molar-refractivity contribution in [3.05, 3.63) is 67.4 Å². The first-order valence-corrected chi connectivity index (χ1v) is 7.33. The number of fused-ring (bicyclic) bond motifs is 1. The Morgan fingerprint density at radius 1 is 1.14 bits per heavy atom. The molecule has 0 aliphatic heterocycles. The molecule has 0 unspecified atom stereocenters. The van der Waals surface area contributed by atoms with Gasteiger partial charge in [0.1, 0.15) is 0 Å². The maximum Gasteiger partial charge on any atom is 0.269 e. The number of nitro groups is 1. The summed E-state index contributed by atoms with van der Waals surface area (Å²) in [5.74, 6) is 0. The van der Waals surface area contributed by atoms with Crippen LogP contribution in [-0.2, 0) is 6.54 Å². The van der Waals surface area contributed by atoms with Gasteiger partial charge in [-0.1, -0.05) is 35.3 Å². The third-order valence-corrected chi connectivity index (χ3v) is 4.22. The summed E-state index contributed by atoms with van der Waals surface area (Å²) >= 11 is 18.2. The second-order valence-electron chi connectivity index (χ2n) is 4.65. The summed E-state index contributed by atoms with van der Waals surface area (Å²) in [6.45, 7) is 0.342. The number of imidazole rings is 1. The Bertz CT molecular complexity index is 892. The molecule has 8 heteroatoms. The molecule has 0 fully saturated rings. The first kappa shape index (κ1) is 15.1. The highest BCUT2D eigenvalue weighted by atomic mass is 35.5. The van der Waals surface area contributed by atoms with Crippen molar-refractivity contribution in [1.29, 1.82) is 0 Å². The predicted molar refractivity (Wildman–Crippen MR) is 87.0 cm³/mol. The summed E-state index contributed by atoms with van der Waals surface area (Å²) in [5, 5.41) is 11.9. The van der Waals surface area contributed by atoms with Crippen molar-refractivity contribution in [2.45, 2.75) is 6.54 Å². The van der Waals surface area contributed by atoms with E-state index in [9.17, 15) is 10.1 Å². The van der Waals surface area contributed by atoms with Crippen molar-refractivity contribution in [3.63, 3.8) is 0 Å². The van der Waals surface area contributed by atoms with Gasteiger partial charge >= 0.3 is 0 Å². The number of aromatic nitrogens is 2. The van der Waals surface area contributed by atoms with Gasteiger partial charge < -0.3 is 4.57 Å². The minimum atomic E-state index is -0.437. The molecule has 5 nitrogen and oxygen atoms in total. The van der Waals surface area contributed by atoms with Crippen LogP contribution in [0, 0.1) is 10.1 Å². The second-order valence-corrected chi connectivity index (χ2v) is 5.80. The third-order valence-electron chi connectivity index (χ3n) is 3.21. The highest BCUT2D eigenvalue weighted by Gasteiger charge is 2.13. The zero-order valence-electron chi connectivity index (χ0n) is 11.0. The van der Waals surface area contributed by atoms with Crippen molar-refractivity contribution in [3.8, 4) is 0 Å². The molecule has 0 aliphatic rings. The number of benzene rings is 2. The topological polar surface area (TPSA) is 61.0 Å². The number of rotatable bonds is 3. The molecule has 1 heterocycles. The van der Waals surface area contributed by atoms with Crippen molar-refractivity contribution >= 4 is 51.5 Å². The normalized spacial score (nSPS) is 11.0. The van der Waals surface area contributed by atoms with Gasteiger partial charge in [-0.15, -0.1) is 0 Å². The largest absolute Gasteiger partial charge is 0.310 e. The fourth-order valence-corrected chi connectivity index (χ4v) is 2.75. The fourth-order valence-electron chi connectivity index (χ4n) is 2.19. The van der Waals surface area contributed by atoms with E-state index < -0.39 is 4.92 Å². The minimum Gasteiger partial charge on any atom is -0.310 e. The summed E-state index contributed by atoms with van der Waals surface area (Å²) in [6.07, 6.45) is 0. The van der Waals surface area contributed by atoms with Crippen molar-refractivity contribution in [1.82, 2.24) is 9.55 Å². The molecule has 0 atom stereocenters. The van der Waals surface area contributed by atoms with Crippen molar-refractivity contribution < 1.29 is 4.92 Å². The first-order valence-electron chi connectivity index (χ1n) is 6.20. The van der Waals surface area contributed by atoms with E-state index in [1.165, 1.54) is 12.1 Å². The van der Waals surface area contributed by atoms with E-state index in [0.29, 0.717) is 27.6 Å². The highest BCUT2D eigenvalue weighted by molar-refractivity contribution is 6.42. The molecule has 0 bridgehead atoms. The molecule has 112 valence electrons. The molecule has 0 N–H and O–H groups in total. The van der Waals surface area contributed by atoms with E-state index >= 15 is 0 Å². The molecule has 0 saturated carbocycles. The van der Waals surface area contributed by atoms with Gasteiger partial charge in [-0.05, 0) is 29.3 Å². The molecule has 3 rings (SSSR count). The summed E-state index contributed by atoms with van der Waals surface area (Å²) in [7, 11) is 0. The Labute approximate surface area is 140 Å². The fraction of sp³-hybridized carbons (Fsp3) is 0.0714. The van der Waals surface area contributed by atoms with Crippen LogP contribution < -0.4 is 0 Å². The molecular weight excluding hydrogens is 349 g/mol. The van der Waals surface area contributed by atoms with Crippen LogP contribution in [-0.4, -0.2) is 14.5 Å². The van der Waals surface area contributed by atoms with E-state index in [1.807, 2.05) is 0 Å². The Kier molecular flexibility index (Phi) is 3.95. The smallest absolute Gasteiger partial charge is 0.269 e. The molecule has 1 aromatic heterocycles. The van der Waals surface area contributed by atoms with Gasteiger partial charge in [-0.3, -0.25) is 10.1 Å². The molecule has 22 heavy (non-hydrogen) atoms. The molecule has 0 radical (unpaired) electrons. The Balaban J connectivity index is 2.07. The van der Waals surface area contributed by atoms with Gasteiger partial charge in [-0.25, -0.2) is 4.98 Å². The molecule has 0 amide bonds. The highest BCUT2D eigenvalue weighted by Crippen LogP contribution is 2.30. The van der Waals surface area contributed by atoms with Crippen LogP contribution in [0.4, 0.5) is 5.69 Å². The number of hydrogen-bond donors (Lipinski definition) is 0. The van der Waals surface area contributed by atoms with Gasteiger partial charge in [-0.2, -0.15) is 0 Å². The summed E-state index contributed by atoms with van der Waals surface area (Å²) < 4.78 is 1.72. The van der Waals surface area contributed by atoms with Crippen molar-refractivity contribution in [2.75, 3.05) is 0 Å². The van der Waals surface area contributed by atoms with Crippen molar-refractivity contribution in [2.24, 2.45) is 0 Å². The quantitative estimate of drug-likeness (QED) is 0.492. The van der Waals surface area contributed by atoms with E-state index in [2.05, 4.69) is 4.98 Å². The number of non-ortho nitro benzene ring substituents is 1. The van der Waals surface area contributed by atoms with E-state index in [1.54, 1.807) is 28.8 Å². The van der Waals surface area contributed by atoms with Crippen LogP contribution >= 0.6 is 34.8 Å². The Morgan fingerprint density at radius 2 is 1.86 bits per heavy atom. The Morgan fingerprint density at radius 3 is 2.59 bits per heavy atom. The Hall–Kier alpha value is -1.82. The zero-order chi connectivity index (χ0) is 15.9. The monoisotopic (exact) mass is 355 g/mol. The van der Waals surface area contributed by atoms with Gasteiger partial charge in [0, 0.05) is 12.1 Å². The standard InChI is InChI=1S/C14H8Cl3N3O2/c15-10-5-12-13(6-11(10)16)19(14(17)18-12)7-8-2-1-3-9(4-8)20(21)22/h1-6H,7H2. The molecule has 0 saturated heterocycles. The molecular formula is C14H8Cl3N3O2. The number of nitrogens with zero attached hydrogens (tertiary/aromatic N) is 3. The van der Waals surface area contributed by atoms with Gasteiger partial charge in [0.25, 0.3) is 5.69 Å². The third kappa shape index (κ3) is 2.75. The summed E-state index contributed by atoms with van der Waals surface area (Å²) in [6, 6.07) is 9.66. The van der Waals surface area contributed by atoms with Crippen LogP contribution in [0.15, 0.2) is 36.4 Å². The van der Waals surface area contributed by atoms with E-state index in [4.69, 9.17) is 34.8 Å². The van der Waals surface area contributed by atoms with Gasteiger partial charge in [0.05, 0.1) is 32.5 Å². The second kappa shape index (κ2) is 5.76. The van der Waals surface area contributed by atoms with E-state index in [-0.39, 0.29) is 11.0 Å². The lowest BCUT2D eigenvalue weighted by Crippen LogP contribution is -2.00. The lowest BCUT2D eigenvalue weighted by Gasteiger charge is -2.06. The SMILES string of the molecule is O=[N+]([O-])c1cccc(Cn2c(Cl)nc3cc(Cl)c(Cl)cc32)c1. The molecule has 0 spiro atoms. The van der Waals surface area contributed by atoms with Crippen LogP contribution in [0.1, 0.15) is 5.56 Å². The number of nitro benzene ring substituents is 1. The van der Waals surface area contributed by atoms with Gasteiger partial charge in [0.15, 0.2) is 0 Å².